The van der Waals surface area contributed by atoms with Crippen LogP contribution in [0.5, 0.6) is 0 Å². The molecular weight excluding hydrogens is 578 g/mol. The van der Waals surface area contributed by atoms with Gasteiger partial charge in [-0.05, 0) is 12.8 Å². The molecule has 0 radical (unpaired) electrons. The summed E-state index contributed by atoms with van der Waals surface area (Å²) in [7, 11) is 0. The predicted octanol–water partition coefficient (Wildman–Crippen LogP) is -8.54. The Bertz CT molecular complexity index is 885. The average molecular weight is 628 g/mol. The fourth-order valence-electron chi connectivity index (χ4n) is 6.02. The van der Waals surface area contributed by atoms with Crippen LogP contribution < -0.4 is 40.1 Å². The van der Waals surface area contributed by atoms with Crippen molar-refractivity contribution in [1.82, 2.24) is 0 Å². The SMILES string of the molecule is NC[C@H]1O[C@@H](O[C@@H]2[C@@H](O)[C@H](O[C@H]3O[C@H](CN)[C@@H](O)C[C@H]3N)[C@@H](N)C[C@H]2N)[C@H](O)[C@@H](N)[C@@H]1O[C@H]1O[C@H](CO)[C@@H](O)[C@H](O)[C@H]1N. The van der Waals surface area contributed by atoms with E-state index in [4.69, 9.17) is 68.6 Å². The van der Waals surface area contributed by atoms with E-state index in [1.54, 1.807) is 0 Å². The van der Waals surface area contributed by atoms with Crippen molar-refractivity contribution in [2.24, 2.45) is 40.1 Å². The van der Waals surface area contributed by atoms with Gasteiger partial charge in [-0.2, -0.15) is 0 Å². The first-order valence-electron chi connectivity index (χ1n) is 14.4. The molecule has 0 amide bonds. The van der Waals surface area contributed by atoms with Gasteiger partial charge in [-0.15, -0.1) is 0 Å². The van der Waals surface area contributed by atoms with Crippen LogP contribution in [0, 0.1) is 0 Å². The van der Waals surface area contributed by atoms with Crippen molar-refractivity contribution in [3.8, 4) is 0 Å². The van der Waals surface area contributed by atoms with Crippen LogP contribution in [-0.4, -0.2) is 167 Å². The van der Waals surface area contributed by atoms with E-state index in [2.05, 4.69) is 0 Å². The van der Waals surface area contributed by atoms with Gasteiger partial charge >= 0.3 is 0 Å². The topological polar surface area (TPSA) is 359 Å². The molecular formula is C24H49N7O12. The summed E-state index contributed by atoms with van der Waals surface area (Å²) in [6, 6.07) is -4.70. The summed E-state index contributed by atoms with van der Waals surface area (Å²) in [6.45, 7) is -0.761. The van der Waals surface area contributed by atoms with E-state index < -0.39 is 123 Å². The lowest BCUT2D eigenvalue weighted by atomic mass is 9.84. The highest BCUT2D eigenvalue weighted by Gasteiger charge is 2.52. The van der Waals surface area contributed by atoms with Crippen LogP contribution in [-0.2, 0) is 28.4 Å². The average Bonchev–Trinajstić information content (AvgIpc) is 2.97. The lowest BCUT2D eigenvalue weighted by molar-refractivity contribution is -0.337. The Labute approximate surface area is 248 Å². The number of hydrogen-bond acceptors (Lipinski definition) is 19. The minimum atomic E-state index is -1.53. The third kappa shape index (κ3) is 7.30. The number of hydrogen-bond donors (Lipinski definition) is 13. The Morgan fingerprint density at radius 3 is 1.65 bits per heavy atom. The van der Waals surface area contributed by atoms with E-state index in [9.17, 15) is 30.6 Å². The Morgan fingerprint density at radius 2 is 1.07 bits per heavy atom. The van der Waals surface area contributed by atoms with Crippen LogP contribution in [0.25, 0.3) is 0 Å². The number of nitrogens with two attached hydrogens (primary N) is 7. The molecule has 3 heterocycles. The van der Waals surface area contributed by atoms with Gasteiger partial charge in [0.1, 0.15) is 54.9 Å². The first-order valence-corrected chi connectivity index (χ1v) is 14.4. The highest BCUT2D eigenvalue weighted by Crippen LogP contribution is 2.32. The summed E-state index contributed by atoms with van der Waals surface area (Å²) >= 11 is 0. The smallest absolute Gasteiger partial charge is 0.186 e. The van der Waals surface area contributed by atoms with Gasteiger partial charge in [0.05, 0.1) is 36.9 Å². The second-order valence-electron chi connectivity index (χ2n) is 11.7. The van der Waals surface area contributed by atoms with Gasteiger partial charge < -0.3 is 99.2 Å². The van der Waals surface area contributed by atoms with Crippen molar-refractivity contribution in [1.29, 1.82) is 0 Å². The molecule has 0 unspecified atom stereocenters. The summed E-state index contributed by atoms with van der Waals surface area (Å²) < 4.78 is 34.9. The Balaban J connectivity index is 1.43. The van der Waals surface area contributed by atoms with Crippen molar-refractivity contribution in [3.05, 3.63) is 0 Å². The van der Waals surface area contributed by atoms with Gasteiger partial charge in [-0.25, -0.2) is 0 Å². The number of rotatable bonds is 9. The minimum Gasteiger partial charge on any atom is -0.394 e. The molecule has 252 valence electrons. The van der Waals surface area contributed by atoms with E-state index in [-0.39, 0.29) is 25.9 Å². The van der Waals surface area contributed by atoms with Gasteiger partial charge in [0.25, 0.3) is 0 Å². The van der Waals surface area contributed by atoms with Gasteiger partial charge in [-0.3, -0.25) is 0 Å². The lowest BCUT2D eigenvalue weighted by Gasteiger charge is -2.49. The molecule has 19 nitrogen and oxygen atoms in total. The van der Waals surface area contributed by atoms with E-state index in [0.29, 0.717) is 0 Å². The van der Waals surface area contributed by atoms with Crippen LogP contribution in [0.4, 0.5) is 0 Å². The normalized spacial score (nSPS) is 53.1. The predicted molar refractivity (Wildman–Crippen MR) is 145 cm³/mol. The van der Waals surface area contributed by atoms with Crippen LogP contribution >= 0.6 is 0 Å². The van der Waals surface area contributed by atoms with Gasteiger partial charge in [0, 0.05) is 25.2 Å². The maximum absolute atomic E-state index is 11.3. The number of aliphatic hydroxyl groups is 6. The molecule has 1 aliphatic carbocycles. The molecule has 0 aromatic carbocycles. The molecule has 0 aromatic heterocycles. The van der Waals surface area contributed by atoms with Crippen molar-refractivity contribution in [3.63, 3.8) is 0 Å². The monoisotopic (exact) mass is 627 g/mol. The molecule has 0 aromatic rings. The third-order valence-corrected chi connectivity index (χ3v) is 8.66. The second kappa shape index (κ2) is 14.8. The number of ether oxygens (including phenoxy) is 6. The van der Waals surface area contributed by atoms with E-state index >= 15 is 0 Å². The summed E-state index contributed by atoms with van der Waals surface area (Å²) in [6.07, 6.45) is -16.5. The molecule has 4 aliphatic rings. The molecule has 19 heteroatoms. The largest absolute Gasteiger partial charge is 0.394 e. The molecule has 19 atom stereocenters. The van der Waals surface area contributed by atoms with Crippen LogP contribution in [0.15, 0.2) is 0 Å². The molecule has 4 fully saturated rings. The molecule has 0 spiro atoms. The number of aliphatic hydroxyl groups excluding tert-OH is 6. The maximum Gasteiger partial charge on any atom is 0.186 e. The summed E-state index contributed by atoms with van der Waals surface area (Å²) in [5.74, 6) is 0. The highest BCUT2D eigenvalue weighted by atomic mass is 16.7. The Hall–Kier alpha value is -0.760. The molecule has 1 saturated carbocycles. The fourth-order valence-corrected chi connectivity index (χ4v) is 6.02. The Kier molecular flexibility index (Phi) is 12.1. The zero-order valence-electron chi connectivity index (χ0n) is 23.7. The van der Waals surface area contributed by atoms with Crippen molar-refractivity contribution < 1.29 is 59.1 Å². The lowest BCUT2D eigenvalue weighted by Crippen LogP contribution is -2.70. The highest BCUT2D eigenvalue weighted by molar-refractivity contribution is 5.02. The molecule has 4 rings (SSSR count). The zero-order chi connectivity index (χ0) is 31.7. The third-order valence-electron chi connectivity index (χ3n) is 8.66. The van der Waals surface area contributed by atoms with Crippen LogP contribution in [0.3, 0.4) is 0 Å². The van der Waals surface area contributed by atoms with Crippen LogP contribution in [0.2, 0.25) is 0 Å². The molecule has 3 saturated heterocycles. The summed E-state index contributed by atoms with van der Waals surface area (Å²) in [5.41, 5.74) is 42.6. The van der Waals surface area contributed by atoms with Crippen molar-refractivity contribution >= 4 is 0 Å². The van der Waals surface area contributed by atoms with Crippen LogP contribution in [0.1, 0.15) is 12.8 Å². The minimum absolute atomic E-state index is 0.0250. The van der Waals surface area contributed by atoms with E-state index in [0.717, 1.165) is 0 Å². The first-order chi connectivity index (χ1) is 20.3. The van der Waals surface area contributed by atoms with E-state index in [1.165, 1.54) is 0 Å². The van der Waals surface area contributed by atoms with Gasteiger partial charge in [-0.1, -0.05) is 0 Å². The van der Waals surface area contributed by atoms with E-state index in [1.807, 2.05) is 0 Å². The molecule has 0 bridgehead atoms. The standard InChI is InChI=1S/C24H49N7O12/c25-3-10-9(33)2-8(29)22(38-10)41-19-6(27)1-7(28)20(18(19)37)42-24-17(36)13(30)21(11(4-26)39-24)43-23-14(31)16(35)15(34)12(5-32)40-23/h6-24,32-37H,1-5,25-31H2/t6-,7+,8+,9-,10+,11+,12+,13+,14+,15+,16+,17+,18-,19+,20-,21+,22+,23+,24-/m0/s1. The quantitative estimate of drug-likeness (QED) is 0.113. The first kappa shape index (κ1) is 35.1. The summed E-state index contributed by atoms with van der Waals surface area (Å²) in [5, 5.41) is 62.3. The molecule has 3 aliphatic heterocycles. The second-order valence-corrected chi connectivity index (χ2v) is 11.7. The van der Waals surface area contributed by atoms with Crippen molar-refractivity contribution in [2.45, 2.75) is 129 Å². The van der Waals surface area contributed by atoms with Gasteiger partial charge in [0.15, 0.2) is 18.9 Å². The fraction of sp³-hybridized carbons (Fsp3) is 1.00. The zero-order valence-corrected chi connectivity index (χ0v) is 23.7. The van der Waals surface area contributed by atoms with Gasteiger partial charge in [0.2, 0.25) is 0 Å². The molecule has 43 heavy (non-hydrogen) atoms. The Morgan fingerprint density at radius 1 is 0.535 bits per heavy atom. The van der Waals surface area contributed by atoms with Crippen molar-refractivity contribution in [2.75, 3.05) is 19.7 Å². The molecule has 20 N–H and O–H groups in total. The summed E-state index contributed by atoms with van der Waals surface area (Å²) in [4.78, 5) is 0. The maximum atomic E-state index is 11.3.